The van der Waals surface area contributed by atoms with Crippen molar-refractivity contribution in [2.75, 3.05) is 0 Å². The van der Waals surface area contributed by atoms with Crippen molar-refractivity contribution in [3.05, 3.63) is 76.4 Å². The number of carboxylic acids is 1. The van der Waals surface area contributed by atoms with E-state index in [0.29, 0.717) is 10.6 Å². The Kier molecular flexibility index (Phi) is 5.27. The molecule has 126 valence electrons. The van der Waals surface area contributed by atoms with E-state index < -0.39 is 21.7 Å². The fourth-order valence-corrected chi connectivity index (χ4v) is 5.44. The normalized spacial score (nSPS) is 11.2. The molecule has 0 aliphatic rings. The molecule has 0 amide bonds. The summed E-state index contributed by atoms with van der Waals surface area (Å²) < 4.78 is 2.00. The molecule has 1 aromatic heterocycles. The van der Waals surface area contributed by atoms with Crippen LogP contribution in [0, 0.1) is 13.8 Å². The van der Waals surface area contributed by atoms with E-state index in [2.05, 4.69) is 11.1 Å². The average Bonchev–Trinajstić information content (AvgIpc) is 2.57. The van der Waals surface area contributed by atoms with Crippen molar-refractivity contribution in [2.24, 2.45) is 0 Å². The van der Waals surface area contributed by atoms with Gasteiger partial charge in [0.25, 0.3) is 0 Å². The summed E-state index contributed by atoms with van der Waals surface area (Å²) >= 11 is 5.49. The summed E-state index contributed by atoms with van der Waals surface area (Å²) in [5, 5.41) is 10.1. The molecule has 0 aliphatic heterocycles. The SMILES string of the molecule is Cc1ccc([AsH]c2cnc(-c3ccccc3Cl)c(C)c2)c(C(=O)O)c1. The van der Waals surface area contributed by atoms with Gasteiger partial charge in [-0.05, 0) is 0 Å². The number of aryl methyl sites for hydroxylation is 2. The van der Waals surface area contributed by atoms with E-state index in [-0.39, 0.29) is 0 Å². The molecular formula is C20H17AsClNO2. The number of hydrogen-bond donors (Lipinski definition) is 1. The number of aromatic nitrogens is 1. The molecule has 0 saturated heterocycles. The molecule has 5 heteroatoms. The van der Waals surface area contributed by atoms with Gasteiger partial charge in [-0.25, -0.2) is 0 Å². The second kappa shape index (κ2) is 7.43. The Morgan fingerprint density at radius 2 is 1.88 bits per heavy atom. The van der Waals surface area contributed by atoms with Crippen molar-refractivity contribution >= 4 is 42.0 Å². The van der Waals surface area contributed by atoms with Crippen LogP contribution in [0.3, 0.4) is 0 Å². The van der Waals surface area contributed by atoms with Gasteiger partial charge in [-0.15, -0.1) is 0 Å². The van der Waals surface area contributed by atoms with E-state index in [4.69, 9.17) is 11.6 Å². The van der Waals surface area contributed by atoms with E-state index in [1.807, 2.05) is 56.4 Å². The maximum absolute atomic E-state index is 11.5. The molecule has 25 heavy (non-hydrogen) atoms. The molecule has 0 aliphatic carbocycles. The molecule has 1 unspecified atom stereocenters. The van der Waals surface area contributed by atoms with Crippen molar-refractivity contribution in [3.8, 4) is 11.3 Å². The van der Waals surface area contributed by atoms with Crippen LogP contribution in [0.4, 0.5) is 0 Å². The molecule has 0 saturated carbocycles. The van der Waals surface area contributed by atoms with Gasteiger partial charge in [0.2, 0.25) is 0 Å². The van der Waals surface area contributed by atoms with Gasteiger partial charge in [0, 0.05) is 0 Å². The van der Waals surface area contributed by atoms with Crippen LogP contribution >= 0.6 is 11.6 Å². The predicted octanol–water partition coefficient (Wildman–Crippen LogP) is 3.10. The Hall–Kier alpha value is -2.09. The van der Waals surface area contributed by atoms with E-state index in [9.17, 15) is 9.90 Å². The van der Waals surface area contributed by atoms with Gasteiger partial charge in [-0.2, -0.15) is 0 Å². The zero-order valence-corrected chi connectivity index (χ0v) is 16.7. The third-order valence-corrected chi connectivity index (χ3v) is 6.88. The third-order valence-electron chi connectivity index (χ3n) is 3.89. The van der Waals surface area contributed by atoms with Gasteiger partial charge in [-0.3, -0.25) is 0 Å². The summed E-state index contributed by atoms with van der Waals surface area (Å²) in [5.74, 6) is -0.875. The molecule has 0 spiro atoms. The summed E-state index contributed by atoms with van der Waals surface area (Å²) in [6, 6.07) is 15.4. The summed E-state index contributed by atoms with van der Waals surface area (Å²) in [5.41, 5.74) is 4.17. The number of hydrogen-bond acceptors (Lipinski definition) is 2. The Bertz CT molecular complexity index is 956. The first-order chi connectivity index (χ1) is 12.0. The minimum absolute atomic E-state index is 0.396. The second-order valence-electron chi connectivity index (χ2n) is 5.85. The predicted molar refractivity (Wildman–Crippen MR) is 104 cm³/mol. The Balaban J connectivity index is 1.95. The fourth-order valence-electron chi connectivity index (χ4n) is 2.68. The van der Waals surface area contributed by atoms with Gasteiger partial charge in [0.1, 0.15) is 0 Å². The molecule has 1 heterocycles. The zero-order chi connectivity index (χ0) is 18.0. The average molecular weight is 414 g/mol. The Morgan fingerprint density at radius 1 is 1.12 bits per heavy atom. The summed E-state index contributed by atoms with van der Waals surface area (Å²) in [4.78, 5) is 16.1. The minimum atomic E-state index is -0.875. The maximum atomic E-state index is 11.5. The molecule has 0 radical (unpaired) electrons. The van der Waals surface area contributed by atoms with Crippen LogP contribution in [0.15, 0.2) is 54.7 Å². The second-order valence-corrected chi connectivity index (χ2v) is 9.12. The number of halogens is 1. The van der Waals surface area contributed by atoms with Crippen LogP contribution in [0.2, 0.25) is 5.02 Å². The number of rotatable bonds is 4. The molecule has 3 nitrogen and oxygen atoms in total. The van der Waals surface area contributed by atoms with Crippen molar-refractivity contribution in [1.82, 2.24) is 4.98 Å². The molecular weight excluding hydrogens is 397 g/mol. The molecule has 3 aromatic rings. The van der Waals surface area contributed by atoms with Crippen LogP contribution < -0.4 is 8.70 Å². The van der Waals surface area contributed by atoms with Crippen molar-refractivity contribution in [2.45, 2.75) is 13.8 Å². The van der Waals surface area contributed by atoms with Gasteiger partial charge in [0.05, 0.1) is 0 Å². The van der Waals surface area contributed by atoms with Crippen LogP contribution in [0.5, 0.6) is 0 Å². The standard InChI is InChI=1S/C20H17AsClNO2/c1-12-7-8-17(16(9-12)20(24)25)21-14-10-13(2)19(23-11-14)15-5-3-4-6-18(15)22/h3-11,21H,1-2H3,(H,24,25). The van der Waals surface area contributed by atoms with Crippen LogP contribution in [-0.2, 0) is 0 Å². The monoisotopic (exact) mass is 413 g/mol. The first-order valence-corrected chi connectivity index (χ1v) is 10.3. The van der Waals surface area contributed by atoms with Crippen LogP contribution in [-0.4, -0.2) is 31.8 Å². The first kappa shape index (κ1) is 17.7. The van der Waals surface area contributed by atoms with Crippen LogP contribution in [0.1, 0.15) is 21.5 Å². The number of nitrogens with zero attached hydrogens (tertiary/aromatic N) is 1. The quantitative estimate of drug-likeness (QED) is 0.669. The van der Waals surface area contributed by atoms with Crippen LogP contribution in [0.25, 0.3) is 11.3 Å². The van der Waals surface area contributed by atoms with E-state index >= 15 is 0 Å². The van der Waals surface area contributed by atoms with E-state index in [0.717, 1.165) is 31.1 Å². The number of carboxylic acid groups (broad SMARTS) is 1. The number of pyridine rings is 1. The molecule has 0 bridgehead atoms. The Morgan fingerprint density at radius 3 is 2.56 bits per heavy atom. The third kappa shape index (κ3) is 3.95. The van der Waals surface area contributed by atoms with E-state index in [1.54, 1.807) is 6.07 Å². The zero-order valence-electron chi connectivity index (χ0n) is 13.9. The molecule has 0 fully saturated rings. The fraction of sp³-hybridized carbons (Fsp3) is 0.100. The van der Waals surface area contributed by atoms with Gasteiger partial charge in [0.15, 0.2) is 0 Å². The topological polar surface area (TPSA) is 50.2 Å². The van der Waals surface area contributed by atoms with Gasteiger partial charge in [-0.1, -0.05) is 0 Å². The number of aromatic carboxylic acids is 1. The molecule has 3 rings (SSSR count). The van der Waals surface area contributed by atoms with Crippen molar-refractivity contribution in [3.63, 3.8) is 0 Å². The van der Waals surface area contributed by atoms with Gasteiger partial charge < -0.3 is 0 Å². The summed E-state index contributed by atoms with van der Waals surface area (Å²) in [6.07, 6.45) is 1.84. The van der Waals surface area contributed by atoms with Crippen molar-refractivity contribution in [1.29, 1.82) is 0 Å². The summed E-state index contributed by atoms with van der Waals surface area (Å²) in [7, 11) is 0. The first-order valence-electron chi connectivity index (χ1n) is 7.78. The molecule has 2 aromatic carbocycles. The van der Waals surface area contributed by atoms with Gasteiger partial charge >= 0.3 is 158 Å². The van der Waals surface area contributed by atoms with Crippen molar-refractivity contribution < 1.29 is 9.90 Å². The number of benzene rings is 2. The Labute approximate surface area is 158 Å². The summed E-state index contributed by atoms with van der Waals surface area (Å²) in [6.45, 7) is 3.91. The van der Waals surface area contributed by atoms with E-state index in [1.165, 1.54) is 0 Å². The molecule has 1 atom stereocenters. The molecule has 1 N–H and O–H groups in total. The number of carbonyl (C=O) groups is 1.